The fraction of sp³-hybridized carbons (Fsp3) is 0.960. The van der Waals surface area contributed by atoms with Gasteiger partial charge in [0.25, 0.3) is 0 Å². The summed E-state index contributed by atoms with van der Waals surface area (Å²) in [4.78, 5) is 13.5. The maximum absolute atomic E-state index is 13.5. The lowest BCUT2D eigenvalue weighted by Gasteiger charge is -2.59. The molecule has 0 N–H and O–H groups in total. The third-order valence-corrected chi connectivity index (χ3v) is 10.5. The molecule has 7 rings (SSSR count). The van der Waals surface area contributed by atoms with Gasteiger partial charge in [-0.3, -0.25) is 4.79 Å². The minimum absolute atomic E-state index is 0.147. The molecule has 156 valence electrons. The smallest absolute Gasteiger partial charge is 0.309 e. The van der Waals surface area contributed by atoms with Gasteiger partial charge in [0.2, 0.25) is 0 Å². The highest BCUT2D eigenvalue weighted by molar-refractivity contribution is 5.74. The number of hydrogen-bond donors (Lipinski definition) is 0. The molecule has 28 heavy (non-hydrogen) atoms. The molecule has 0 amide bonds. The second-order valence-corrected chi connectivity index (χ2v) is 11.6. The minimum Gasteiger partial charge on any atom is -0.459 e. The maximum atomic E-state index is 13.5. The van der Waals surface area contributed by atoms with Crippen molar-refractivity contribution < 1.29 is 14.3 Å². The largest absolute Gasteiger partial charge is 0.459 e. The molecule has 7 unspecified atom stereocenters. The summed E-state index contributed by atoms with van der Waals surface area (Å²) >= 11 is 0. The van der Waals surface area contributed by atoms with Gasteiger partial charge >= 0.3 is 5.97 Å². The molecule has 1 aliphatic heterocycles. The van der Waals surface area contributed by atoms with Crippen LogP contribution in [-0.4, -0.2) is 23.8 Å². The van der Waals surface area contributed by atoms with Gasteiger partial charge in [-0.05, 0) is 112 Å². The molecule has 6 bridgehead atoms. The number of hydrogen-bond acceptors (Lipinski definition) is 3. The first-order chi connectivity index (χ1) is 13.5. The Morgan fingerprint density at radius 2 is 1.50 bits per heavy atom. The third-order valence-electron chi connectivity index (χ3n) is 10.5. The van der Waals surface area contributed by atoms with Crippen molar-refractivity contribution in [2.75, 3.05) is 0 Å². The van der Waals surface area contributed by atoms with Crippen molar-refractivity contribution in [1.82, 2.24) is 0 Å². The zero-order chi connectivity index (χ0) is 19.2. The molecular weight excluding hydrogens is 348 g/mol. The first-order valence-corrected chi connectivity index (χ1v) is 12.4. The molecule has 0 radical (unpaired) electrons. The summed E-state index contributed by atoms with van der Waals surface area (Å²) in [5.41, 5.74) is -0.173. The van der Waals surface area contributed by atoms with E-state index in [0.29, 0.717) is 47.7 Å². The molecule has 1 heterocycles. The molecule has 0 aromatic carbocycles. The second-order valence-electron chi connectivity index (χ2n) is 11.6. The Morgan fingerprint density at radius 3 is 2.11 bits per heavy atom. The van der Waals surface area contributed by atoms with E-state index in [1.165, 1.54) is 38.5 Å². The van der Waals surface area contributed by atoms with E-state index in [1.54, 1.807) is 0 Å². The van der Waals surface area contributed by atoms with E-state index < -0.39 is 0 Å². The number of ether oxygens (including phenoxy) is 2. The molecule has 6 aliphatic carbocycles. The van der Waals surface area contributed by atoms with E-state index in [-0.39, 0.29) is 17.5 Å². The monoisotopic (exact) mass is 386 g/mol. The number of carbonyl (C=O) groups excluding carboxylic acids is 1. The Bertz CT molecular complexity index is 628. The Morgan fingerprint density at radius 1 is 0.893 bits per heavy atom. The second kappa shape index (κ2) is 6.22. The third kappa shape index (κ3) is 2.35. The predicted molar refractivity (Wildman–Crippen MR) is 107 cm³/mol. The van der Waals surface area contributed by atoms with Crippen LogP contribution in [0.1, 0.15) is 78.6 Å². The summed E-state index contributed by atoms with van der Waals surface area (Å²) in [6, 6.07) is 0. The highest BCUT2D eigenvalue weighted by Gasteiger charge is 2.63. The van der Waals surface area contributed by atoms with Crippen molar-refractivity contribution in [3.63, 3.8) is 0 Å². The van der Waals surface area contributed by atoms with E-state index in [0.717, 1.165) is 31.1 Å². The van der Waals surface area contributed by atoms with Crippen LogP contribution in [0.2, 0.25) is 0 Å². The van der Waals surface area contributed by atoms with Gasteiger partial charge in [-0.2, -0.15) is 0 Å². The van der Waals surface area contributed by atoms with Crippen LogP contribution in [-0.2, 0) is 14.3 Å². The molecule has 3 nitrogen and oxygen atoms in total. The molecule has 1 saturated heterocycles. The van der Waals surface area contributed by atoms with Crippen LogP contribution in [0, 0.1) is 53.3 Å². The van der Waals surface area contributed by atoms with Gasteiger partial charge in [0, 0.05) is 0 Å². The summed E-state index contributed by atoms with van der Waals surface area (Å²) < 4.78 is 13.0. The predicted octanol–water partition coefficient (Wildman–Crippen LogP) is 5.22. The lowest BCUT2D eigenvalue weighted by Crippen LogP contribution is -2.58. The minimum atomic E-state index is -0.173. The molecule has 3 heteroatoms. The van der Waals surface area contributed by atoms with Gasteiger partial charge in [-0.25, -0.2) is 0 Å². The van der Waals surface area contributed by atoms with Crippen LogP contribution in [0.5, 0.6) is 0 Å². The molecule has 7 atom stereocenters. The fourth-order valence-corrected chi connectivity index (χ4v) is 9.52. The van der Waals surface area contributed by atoms with Crippen LogP contribution in [0.4, 0.5) is 0 Å². The molecule has 7 fully saturated rings. The van der Waals surface area contributed by atoms with Crippen LogP contribution in [0.25, 0.3) is 0 Å². The van der Waals surface area contributed by atoms with E-state index >= 15 is 0 Å². The highest BCUT2D eigenvalue weighted by Crippen LogP contribution is 2.63. The molecule has 6 saturated carbocycles. The molecule has 0 aromatic heterocycles. The SMILES string of the molecule is CCC1OC(CC)C2C3CC(CC3C(=O)OC3(C)C4CC5CC(C4)CC3C5)C12. The molecular formula is C25H38O3. The first-order valence-electron chi connectivity index (χ1n) is 12.4. The fourth-order valence-electron chi connectivity index (χ4n) is 9.52. The van der Waals surface area contributed by atoms with Crippen molar-refractivity contribution in [3.05, 3.63) is 0 Å². The standard InChI is InChI=1S/C25H38O3/c1-4-20-22-15-11-18(23(22)21(5-2)27-20)19(12-15)24(26)28-25(3)16-7-13-6-14(9-16)10-17(25)8-13/h13-23H,4-12H2,1-3H3. The quantitative estimate of drug-likeness (QED) is 0.621. The van der Waals surface area contributed by atoms with Crippen LogP contribution in [0.3, 0.4) is 0 Å². The van der Waals surface area contributed by atoms with Crippen molar-refractivity contribution in [2.24, 2.45) is 53.3 Å². The van der Waals surface area contributed by atoms with E-state index in [1.807, 2.05) is 0 Å². The van der Waals surface area contributed by atoms with Crippen molar-refractivity contribution >= 4 is 5.97 Å². The van der Waals surface area contributed by atoms with Gasteiger partial charge < -0.3 is 9.47 Å². The van der Waals surface area contributed by atoms with Crippen molar-refractivity contribution in [2.45, 2.75) is 96.4 Å². The average Bonchev–Trinajstić information content (AvgIpc) is 3.36. The van der Waals surface area contributed by atoms with Crippen LogP contribution in [0.15, 0.2) is 0 Å². The Kier molecular flexibility index (Phi) is 4.05. The van der Waals surface area contributed by atoms with E-state index in [9.17, 15) is 4.79 Å². The van der Waals surface area contributed by atoms with Crippen LogP contribution < -0.4 is 0 Å². The summed E-state index contributed by atoms with van der Waals surface area (Å²) in [5.74, 6) is 5.93. The molecule has 0 spiro atoms. The number of esters is 1. The zero-order valence-corrected chi connectivity index (χ0v) is 17.9. The molecule has 7 aliphatic rings. The number of carbonyl (C=O) groups is 1. The Labute approximate surface area is 170 Å². The lowest BCUT2D eigenvalue weighted by molar-refractivity contribution is -0.209. The van der Waals surface area contributed by atoms with E-state index in [4.69, 9.17) is 9.47 Å². The normalized spacial score (nSPS) is 58.3. The zero-order valence-electron chi connectivity index (χ0n) is 17.9. The van der Waals surface area contributed by atoms with Gasteiger partial charge in [0.05, 0.1) is 18.1 Å². The lowest BCUT2D eigenvalue weighted by atomic mass is 9.50. The van der Waals surface area contributed by atoms with Crippen LogP contribution >= 0.6 is 0 Å². The first kappa shape index (κ1) is 18.2. The highest BCUT2D eigenvalue weighted by atomic mass is 16.6. The maximum Gasteiger partial charge on any atom is 0.309 e. The Hall–Kier alpha value is -0.570. The van der Waals surface area contributed by atoms with Crippen molar-refractivity contribution in [3.8, 4) is 0 Å². The van der Waals surface area contributed by atoms with E-state index in [2.05, 4.69) is 20.8 Å². The van der Waals surface area contributed by atoms with Gasteiger partial charge in [-0.1, -0.05) is 13.8 Å². The summed E-state index contributed by atoms with van der Waals surface area (Å²) in [7, 11) is 0. The average molecular weight is 387 g/mol. The van der Waals surface area contributed by atoms with Gasteiger partial charge in [0.15, 0.2) is 0 Å². The number of fused-ring (bicyclic) bond motifs is 5. The summed E-state index contributed by atoms with van der Waals surface area (Å²) in [6.45, 7) is 6.83. The van der Waals surface area contributed by atoms with Gasteiger partial charge in [-0.15, -0.1) is 0 Å². The molecule has 0 aromatic rings. The Balaban J connectivity index is 1.20. The van der Waals surface area contributed by atoms with Crippen molar-refractivity contribution in [1.29, 1.82) is 0 Å². The number of rotatable bonds is 4. The summed E-state index contributed by atoms with van der Waals surface area (Å²) in [5, 5.41) is 0. The van der Waals surface area contributed by atoms with Gasteiger partial charge in [0.1, 0.15) is 5.60 Å². The topological polar surface area (TPSA) is 35.5 Å². The summed E-state index contributed by atoms with van der Waals surface area (Å²) in [6.07, 6.45) is 12.0.